The largest absolute Gasteiger partial charge is 0.0792 e. The Balaban J connectivity index is 3.01. The molecule has 1 rings (SSSR count). The maximum Gasteiger partial charge on any atom is 0.0792 e. The van der Waals surface area contributed by atoms with Gasteiger partial charge in [-0.2, -0.15) is 0 Å². The molecule has 0 saturated carbocycles. The van der Waals surface area contributed by atoms with Crippen molar-refractivity contribution in [3.63, 3.8) is 0 Å². The summed E-state index contributed by atoms with van der Waals surface area (Å²) in [6.07, 6.45) is 0. The van der Waals surface area contributed by atoms with E-state index in [0.29, 0.717) is 0 Å². The van der Waals surface area contributed by atoms with Crippen LogP contribution in [0.1, 0.15) is 11.1 Å². The highest BCUT2D eigenvalue weighted by molar-refractivity contribution is 6.93. The van der Waals surface area contributed by atoms with Crippen LogP contribution in [0, 0.1) is 13.2 Å². The van der Waals surface area contributed by atoms with E-state index in [0.717, 1.165) is 21.5 Å². The lowest BCUT2D eigenvalue weighted by Gasteiger charge is -2.21. The quantitative estimate of drug-likeness (QED) is 0.688. The Morgan fingerprint density at radius 3 is 1.06 bits per heavy atom. The maximum atomic E-state index is 8.20. The zero-order chi connectivity index (χ0) is 14.1. The Kier molecular flexibility index (Phi) is 4.24. The average Bonchev–Trinajstić information content (AvgIpc) is 2.25. The molecule has 0 spiro atoms. The normalized spacial score (nSPS) is 12.3. The second-order valence-corrected chi connectivity index (χ2v) is 16.8. The summed E-state index contributed by atoms with van der Waals surface area (Å²) < 4.78 is 0. The van der Waals surface area contributed by atoms with Gasteiger partial charge in [0.15, 0.2) is 0 Å². The molecule has 94 valence electrons. The van der Waals surface area contributed by atoms with Crippen LogP contribution in [-0.2, 0) is 0 Å². The average molecular weight is 271 g/mol. The van der Waals surface area contributed by atoms with Gasteiger partial charge in [-0.15, -0.1) is 0 Å². The van der Waals surface area contributed by atoms with Gasteiger partial charge in [-0.05, 0) is 34.7 Å². The minimum Gasteiger partial charge on any atom is -0.0656 e. The molecule has 2 heteroatoms. The summed E-state index contributed by atoms with van der Waals surface area (Å²) in [5, 5.41) is 1.57. The fourth-order valence-electron chi connectivity index (χ4n) is 1.67. The van der Waals surface area contributed by atoms with E-state index in [1.165, 1.54) is 0 Å². The predicted molar refractivity (Wildman–Crippen MR) is 86.4 cm³/mol. The van der Waals surface area contributed by atoms with Gasteiger partial charge in [-0.3, -0.25) is 0 Å². The van der Waals surface area contributed by atoms with Crippen molar-refractivity contribution in [3.8, 4) is 0 Å². The molecule has 0 aliphatic carbocycles. The molecule has 0 N–H and O–H groups in total. The first-order valence-corrected chi connectivity index (χ1v) is 13.3. The van der Waals surface area contributed by atoms with Crippen molar-refractivity contribution >= 4 is 26.5 Å². The van der Waals surface area contributed by atoms with Crippen LogP contribution in [0.15, 0.2) is 24.3 Å². The van der Waals surface area contributed by atoms with E-state index in [1.807, 2.05) is 24.3 Å². The lowest BCUT2D eigenvalue weighted by Crippen LogP contribution is -2.23. The highest BCUT2D eigenvalue weighted by Crippen LogP contribution is 2.27. The first-order chi connectivity index (χ1) is 8.03. The van der Waals surface area contributed by atoms with Crippen LogP contribution in [0.2, 0.25) is 39.3 Å². The van der Waals surface area contributed by atoms with E-state index in [2.05, 4.69) is 39.3 Å². The van der Waals surface area contributed by atoms with Crippen LogP contribution in [0.25, 0.3) is 10.4 Å². The molecular weight excluding hydrogens is 248 g/mol. The Labute approximate surface area is 114 Å². The molecule has 0 amide bonds. The first kappa shape index (κ1) is 15.2. The number of hydrogen-bond acceptors (Lipinski definition) is 0. The second kappa shape index (κ2) is 5.02. The van der Waals surface area contributed by atoms with Gasteiger partial charge >= 0.3 is 0 Å². The van der Waals surface area contributed by atoms with Crippen molar-refractivity contribution in [2.45, 2.75) is 39.3 Å². The number of hydrogen-bond donors (Lipinski definition) is 0. The molecule has 0 aliphatic heterocycles. The molecule has 4 radical (unpaired) electrons. The summed E-state index contributed by atoms with van der Waals surface area (Å²) in [6, 6.07) is 8.02. The van der Waals surface area contributed by atoms with Crippen molar-refractivity contribution < 1.29 is 0 Å². The number of rotatable bonds is 4. The van der Waals surface area contributed by atoms with Crippen LogP contribution >= 0.6 is 0 Å². The summed E-state index contributed by atoms with van der Waals surface area (Å²) >= 11 is 0. The molecule has 1 aromatic carbocycles. The predicted octanol–water partition coefficient (Wildman–Crippen LogP) is 4.83. The van der Waals surface area contributed by atoms with E-state index in [-0.39, 0.29) is 0 Å². The van der Waals surface area contributed by atoms with Crippen molar-refractivity contribution in [1.29, 1.82) is 0 Å². The minimum atomic E-state index is -1.54. The molecule has 0 bridgehead atoms. The second-order valence-electron chi connectivity index (χ2n) is 6.83. The monoisotopic (exact) mass is 270 g/mol. The van der Waals surface area contributed by atoms with E-state index in [1.54, 1.807) is 0 Å². The van der Waals surface area contributed by atoms with Crippen molar-refractivity contribution in [3.05, 3.63) is 48.6 Å². The fraction of sp³-hybridized carbons (Fsp3) is 0.375. The van der Waals surface area contributed by atoms with E-state index < -0.39 is 16.1 Å². The number of benzene rings is 1. The molecule has 0 aromatic heterocycles. The third kappa shape index (κ3) is 3.56. The van der Waals surface area contributed by atoms with E-state index in [9.17, 15) is 0 Å². The van der Waals surface area contributed by atoms with E-state index in [4.69, 9.17) is 13.2 Å². The molecule has 1 aromatic rings. The van der Waals surface area contributed by atoms with Crippen LogP contribution < -0.4 is 0 Å². The van der Waals surface area contributed by atoms with E-state index >= 15 is 0 Å². The molecule has 0 fully saturated rings. The summed E-state index contributed by atoms with van der Waals surface area (Å²) in [6.45, 7) is 29.5. The molecular formula is C16H22Si2. The highest BCUT2D eigenvalue weighted by atomic mass is 28.3. The van der Waals surface area contributed by atoms with Gasteiger partial charge in [-0.25, -0.2) is 0 Å². The minimum absolute atomic E-state index is 0.786. The smallest absolute Gasteiger partial charge is 0.0656 e. The Bertz CT molecular complexity index is 408. The van der Waals surface area contributed by atoms with Crippen LogP contribution in [0.4, 0.5) is 0 Å². The van der Waals surface area contributed by atoms with Gasteiger partial charge in [-0.1, -0.05) is 63.5 Å². The zero-order valence-electron chi connectivity index (χ0n) is 12.3. The lowest BCUT2D eigenvalue weighted by molar-refractivity contribution is 1.57. The van der Waals surface area contributed by atoms with Gasteiger partial charge in [0, 0.05) is 0 Å². The molecule has 0 atom stereocenters. The molecule has 0 heterocycles. The van der Waals surface area contributed by atoms with Gasteiger partial charge in [0.1, 0.15) is 0 Å². The van der Waals surface area contributed by atoms with Crippen molar-refractivity contribution in [2.75, 3.05) is 0 Å². The Hall–Kier alpha value is -0.866. The standard InChI is InChI=1S/C16H22Si2/c1-13(17(3,4)5)15-9-11-16(12-10-15)14(2)18(6,7)8/h9-12H,3-8H3. The third-order valence-corrected chi connectivity index (χ3v) is 6.54. The summed E-state index contributed by atoms with van der Waals surface area (Å²) in [5.41, 5.74) is 2.03. The Morgan fingerprint density at radius 1 is 0.667 bits per heavy atom. The summed E-state index contributed by atoms with van der Waals surface area (Å²) in [5.74, 6) is 0. The zero-order valence-corrected chi connectivity index (χ0v) is 14.3. The van der Waals surface area contributed by atoms with Crippen LogP contribution in [0.3, 0.4) is 0 Å². The topological polar surface area (TPSA) is 0 Å². The van der Waals surface area contributed by atoms with Gasteiger partial charge in [0.2, 0.25) is 0 Å². The molecule has 18 heavy (non-hydrogen) atoms. The van der Waals surface area contributed by atoms with Gasteiger partial charge < -0.3 is 0 Å². The van der Waals surface area contributed by atoms with Gasteiger partial charge in [0.05, 0.1) is 16.1 Å². The molecule has 0 saturated heterocycles. The van der Waals surface area contributed by atoms with Crippen molar-refractivity contribution in [2.24, 2.45) is 0 Å². The van der Waals surface area contributed by atoms with Gasteiger partial charge in [0.25, 0.3) is 0 Å². The summed E-state index contributed by atoms with van der Waals surface area (Å²) in [7, 11) is -3.09. The summed E-state index contributed by atoms with van der Waals surface area (Å²) in [4.78, 5) is 0. The SMILES string of the molecule is [C]=C(c1ccc(C(=[C])[Si](C)(C)C)cc1)[Si](C)(C)C. The van der Waals surface area contributed by atoms with Crippen LogP contribution in [-0.4, -0.2) is 16.1 Å². The maximum absolute atomic E-state index is 8.20. The van der Waals surface area contributed by atoms with Crippen LogP contribution in [0.5, 0.6) is 0 Å². The third-order valence-electron chi connectivity index (χ3n) is 2.96. The highest BCUT2D eigenvalue weighted by Gasteiger charge is 2.21. The first-order valence-electron chi connectivity index (χ1n) is 6.32. The Morgan fingerprint density at radius 2 is 0.889 bits per heavy atom. The van der Waals surface area contributed by atoms with Crippen molar-refractivity contribution in [1.82, 2.24) is 0 Å². The molecule has 0 unspecified atom stereocenters. The lowest BCUT2D eigenvalue weighted by atomic mass is 10.1. The fourth-order valence-corrected chi connectivity index (χ4v) is 3.73. The molecule has 0 nitrogen and oxygen atoms in total. The molecule has 0 aliphatic rings.